The van der Waals surface area contributed by atoms with Crippen LogP contribution < -0.4 is 5.32 Å². The van der Waals surface area contributed by atoms with E-state index >= 15 is 0 Å². The van der Waals surface area contributed by atoms with Crippen molar-refractivity contribution in [2.45, 2.75) is 33.2 Å². The van der Waals surface area contributed by atoms with Gasteiger partial charge in [-0.2, -0.15) is 16.4 Å². The lowest BCUT2D eigenvalue weighted by molar-refractivity contribution is -0.116. The smallest absolute Gasteiger partial charge is 0.248 e. The van der Waals surface area contributed by atoms with Crippen molar-refractivity contribution in [2.24, 2.45) is 5.92 Å². The predicted octanol–water partition coefficient (Wildman–Crippen LogP) is 3.22. The highest BCUT2D eigenvalue weighted by molar-refractivity contribution is 7.08. The van der Waals surface area contributed by atoms with Gasteiger partial charge in [0.1, 0.15) is 5.82 Å². The summed E-state index contributed by atoms with van der Waals surface area (Å²) in [6.07, 6.45) is 2.36. The normalized spacial score (nSPS) is 11.1. The Labute approximate surface area is 143 Å². The molecule has 0 aliphatic rings. The molecule has 3 heterocycles. The molecular formula is C16H19N5O2S. The predicted molar refractivity (Wildman–Crippen MR) is 91.6 cm³/mol. The number of amides is 1. The van der Waals surface area contributed by atoms with E-state index in [2.05, 4.69) is 34.5 Å². The lowest BCUT2D eigenvalue weighted by Crippen LogP contribution is -2.17. The van der Waals surface area contributed by atoms with Gasteiger partial charge in [-0.25, -0.2) is 4.68 Å². The second-order valence-electron chi connectivity index (χ2n) is 5.85. The summed E-state index contributed by atoms with van der Waals surface area (Å²) in [5, 5.41) is 19.0. The number of rotatable bonds is 7. The number of carbonyl (C=O) groups is 1. The van der Waals surface area contributed by atoms with Crippen LogP contribution in [0.2, 0.25) is 0 Å². The van der Waals surface area contributed by atoms with E-state index in [1.807, 2.05) is 16.8 Å². The Hall–Kier alpha value is -2.48. The molecule has 7 nitrogen and oxygen atoms in total. The molecule has 3 rings (SSSR count). The first-order chi connectivity index (χ1) is 11.6. The highest BCUT2D eigenvalue weighted by Crippen LogP contribution is 2.20. The molecule has 3 aromatic heterocycles. The highest BCUT2D eigenvalue weighted by Gasteiger charge is 2.12. The van der Waals surface area contributed by atoms with Crippen LogP contribution in [0, 0.1) is 5.92 Å². The van der Waals surface area contributed by atoms with Crippen molar-refractivity contribution in [1.29, 1.82) is 0 Å². The van der Waals surface area contributed by atoms with Gasteiger partial charge in [0.05, 0.1) is 6.20 Å². The van der Waals surface area contributed by atoms with Crippen LogP contribution in [0.4, 0.5) is 5.82 Å². The number of thiophene rings is 1. The Bertz CT molecular complexity index is 791. The first-order valence-electron chi connectivity index (χ1n) is 7.78. The zero-order chi connectivity index (χ0) is 16.9. The van der Waals surface area contributed by atoms with Crippen molar-refractivity contribution < 1.29 is 9.21 Å². The van der Waals surface area contributed by atoms with Gasteiger partial charge < -0.3 is 9.73 Å². The van der Waals surface area contributed by atoms with Crippen molar-refractivity contribution in [3.05, 3.63) is 35.0 Å². The molecular weight excluding hydrogens is 326 g/mol. The van der Waals surface area contributed by atoms with Crippen LogP contribution in [-0.4, -0.2) is 25.9 Å². The van der Waals surface area contributed by atoms with Gasteiger partial charge in [0.15, 0.2) is 0 Å². The van der Waals surface area contributed by atoms with Gasteiger partial charge in [0, 0.05) is 36.4 Å². The number of hydrogen-bond acceptors (Lipinski definition) is 6. The maximum Gasteiger partial charge on any atom is 0.248 e. The lowest BCUT2D eigenvalue weighted by Gasteiger charge is -2.10. The minimum absolute atomic E-state index is 0.101. The molecule has 8 heteroatoms. The van der Waals surface area contributed by atoms with Crippen LogP contribution in [-0.2, 0) is 17.8 Å². The maximum atomic E-state index is 12.1. The molecule has 0 saturated carbocycles. The van der Waals surface area contributed by atoms with Gasteiger partial charge in [0.25, 0.3) is 0 Å². The Balaban J connectivity index is 1.54. The molecule has 126 valence electrons. The topological polar surface area (TPSA) is 85.8 Å². The summed E-state index contributed by atoms with van der Waals surface area (Å²) in [6, 6.07) is 3.71. The molecule has 1 N–H and O–H groups in total. The summed E-state index contributed by atoms with van der Waals surface area (Å²) in [5.74, 6) is 2.01. The average molecular weight is 345 g/mol. The third kappa shape index (κ3) is 4.08. The van der Waals surface area contributed by atoms with Crippen molar-refractivity contribution in [3.63, 3.8) is 0 Å². The Morgan fingerprint density at radius 3 is 3.00 bits per heavy atom. The first-order valence-corrected chi connectivity index (χ1v) is 8.72. The summed E-state index contributed by atoms with van der Waals surface area (Å²) in [4.78, 5) is 12.1. The van der Waals surface area contributed by atoms with Gasteiger partial charge in [-0.1, -0.05) is 13.8 Å². The molecule has 0 bridgehead atoms. The molecule has 0 aliphatic carbocycles. The first kappa shape index (κ1) is 16.4. The van der Waals surface area contributed by atoms with Gasteiger partial charge in [0.2, 0.25) is 17.7 Å². The molecule has 0 unspecified atom stereocenters. The largest absolute Gasteiger partial charge is 0.421 e. The molecule has 0 aliphatic heterocycles. The van der Waals surface area contributed by atoms with Gasteiger partial charge in [-0.05, 0) is 17.4 Å². The van der Waals surface area contributed by atoms with E-state index in [4.69, 9.17) is 4.42 Å². The minimum atomic E-state index is -0.101. The van der Waals surface area contributed by atoms with E-state index in [1.165, 1.54) is 0 Å². The summed E-state index contributed by atoms with van der Waals surface area (Å²) in [5.41, 5.74) is 0.904. The van der Waals surface area contributed by atoms with Crippen LogP contribution in [0.1, 0.15) is 26.2 Å². The Morgan fingerprint density at radius 1 is 1.38 bits per heavy atom. The summed E-state index contributed by atoms with van der Waals surface area (Å²) >= 11 is 1.57. The fourth-order valence-electron chi connectivity index (χ4n) is 2.21. The SMILES string of the molecule is CC(C)Cn1nccc1NC(=O)CCc1nnc(-c2ccsc2)o1. The fourth-order valence-corrected chi connectivity index (χ4v) is 2.84. The number of carbonyl (C=O) groups excluding carboxylic acids is 1. The monoisotopic (exact) mass is 345 g/mol. The number of aromatic nitrogens is 4. The van der Waals surface area contributed by atoms with Crippen molar-refractivity contribution in [3.8, 4) is 11.5 Å². The molecule has 1 amide bonds. The van der Waals surface area contributed by atoms with Crippen LogP contribution in [0.3, 0.4) is 0 Å². The van der Waals surface area contributed by atoms with Crippen molar-refractivity contribution in [1.82, 2.24) is 20.0 Å². The third-order valence-electron chi connectivity index (χ3n) is 3.32. The zero-order valence-corrected chi connectivity index (χ0v) is 14.4. The molecule has 0 fully saturated rings. The van der Waals surface area contributed by atoms with E-state index < -0.39 is 0 Å². The summed E-state index contributed by atoms with van der Waals surface area (Å²) < 4.78 is 7.37. The molecule has 3 aromatic rings. The highest BCUT2D eigenvalue weighted by atomic mass is 32.1. The standard InChI is InChI=1S/C16H19N5O2S/c1-11(2)9-21-13(5-7-17-21)18-14(22)3-4-15-19-20-16(23-15)12-6-8-24-10-12/h5-8,10-11H,3-4,9H2,1-2H3,(H,18,22). The molecule has 0 saturated heterocycles. The fraction of sp³-hybridized carbons (Fsp3) is 0.375. The van der Waals surface area contributed by atoms with Crippen LogP contribution in [0.15, 0.2) is 33.5 Å². The van der Waals surface area contributed by atoms with Crippen LogP contribution in [0.25, 0.3) is 11.5 Å². The van der Waals surface area contributed by atoms with Gasteiger partial charge in [-0.15, -0.1) is 10.2 Å². The van der Waals surface area contributed by atoms with Crippen molar-refractivity contribution >= 4 is 23.1 Å². The molecule has 0 radical (unpaired) electrons. The number of nitrogens with one attached hydrogen (secondary N) is 1. The van der Waals surface area contributed by atoms with E-state index in [9.17, 15) is 4.79 Å². The maximum absolute atomic E-state index is 12.1. The number of anilines is 1. The minimum Gasteiger partial charge on any atom is -0.421 e. The summed E-state index contributed by atoms with van der Waals surface area (Å²) in [7, 11) is 0. The molecule has 0 spiro atoms. The van der Waals surface area contributed by atoms with E-state index in [-0.39, 0.29) is 12.3 Å². The zero-order valence-electron chi connectivity index (χ0n) is 13.6. The van der Waals surface area contributed by atoms with Crippen molar-refractivity contribution in [2.75, 3.05) is 5.32 Å². The van der Waals surface area contributed by atoms with Crippen LogP contribution in [0.5, 0.6) is 0 Å². The quantitative estimate of drug-likeness (QED) is 0.710. The van der Waals surface area contributed by atoms with Gasteiger partial charge in [-0.3, -0.25) is 4.79 Å². The number of nitrogens with zero attached hydrogens (tertiary/aromatic N) is 4. The Kier molecular flexibility index (Phi) is 5.05. The average Bonchev–Trinajstić information content (AvgIpc) is 3.26. The second kappa shape index (κ2) is 7.39. The number of hydrogen-bond donors (Lipinski definition) is 1. The van der Waals surface area contributed by atoms with E-state index in [0.717, 1.165) is 12.1 Å². The van der Waals surface area contributed by atoms with Crippen LogP contribution >= 0.6 is 11.3 Å². The lowest BCUT2D eigenvalue weighted by atomic mass is 10.2. The molecule has 0 atom stereocenters. The van der Waals surface area contributed by atoms with Gasteiger partial charge >= 0.3 is 0 Å². The van der Waals surface area contributed by atoms with E-state index in [0.29, 0.717) is 29.9 Å². The second-order valence-corrected chi connectivity index (χ2v) is 6.63. The Morgan fingerprint density at radius 2 is 2.25 bits per heavy atom. The molecule has 24 heavy (non-hydrogen) atoms. The number of aryl methyl sites for hydroxylation is 1. The van der Waals surface area contributed by atoms with E-state index in [1.54, 1.807) is 28.3 Å². The molecule has 0 aromatic carbocycles. The third-order valence-corrected chi connectivity index (χ3v) is 4.01. The summed E-state index contributed by atoms with van der Waals surface area (Å²) in [6.45, 7) is 4.97.